The first-order valence-electron chi connectivity index (χ1n) is 7.03. The molecule has 2 nitrogen and oxygen atoms in total. The summed E-state index contributed by atoms with van der Waals surface area (Å²) in [5.74, 6) is 0. The number of hydrogen-bond acceptors (Lipinski definition) is 2. The molecule has 1 N–H and O–H groups in total. The van der Waals surface area contributed by atoms with E-state index in [1.165, 1.54) is 5.56 Å². The second kappa shape index (κ2) is 6.37. The third-order valence-corrected chi connectivity index (χ3v) is 4.42. The predicted octanol–water partition coefficient (Wildman–Crippen LogP) is 4.40. The van der Waals surface area contributed by atoms with Gasteiger partial charge in [-0.05, 0) is 48.4 Å². The van der Waals surface area contributed by atoms with E-state index < -0.39 is 0 Å². The Kier molecular flexibility index (Phi) is 4.51. The second-order valence-electron chi connectivity index (χ2n) is 5.34. The fourth-order valence-corrected chi connectivity index (χ4v) is 2.93. The van der Waals surface area contributed by atoms with Gasteiger partial charge in [0.25, 0.3) is 0 Å². The maximum Gasteiger partial charge on any atom is 0.107 e. The normalized spacial score (nSPS) is 21.6. The lowest BCUT2D eigenvalue weighted by atomic mass is 9.92. The lowest BCUT2D eigenvalue weighted by Crippen LogP contribution is -2.32. The standard InChI is InChI=1S/C17H17Cl2NO/c18-15-5-1-13(2-6-15)11-21-17(9-10-20-12-17)14-3-7-16(19)8-4-14/h1-8,20H,9-12H2. The molecule has 1 atom stereocenters. The molecule has 3 rings (SSSR count). The molecule has 1 saturated heterocycles. The van der Waals surface area contributed by atoms with E-state index >= 15 is 0 Å². The van der Waals surface area contributed by atoms with Crippen LogP contribution in [0.5, 0.6) is 0 Å². The highest BCUT2D eigenvalue weighted by Gasteiger charge is 2.36. The molecule has 21 heavy (non-hydrogen) atoms. The quantitative estimate of drug-likeness (QED) is 0.901. The molecule has 2 aromatic rings. The van der Waals surface area contributed by atoms with Crippen molar-refractivity contribution in [3.8, 4) is 0 Å². The van der Waals surface area contributed by atoms with E-state index in [9.17, 15) is 0 Å². The Morgan fingerprint density at radius 2 is 1.57 bits per heavy atom. The molecule has 1 aliphatic rings. The van der Waals surface area contributed by atoms with Gasteiger partial charge in [-0.3, -0.25) is 0 Å². The summed E-state index contributed by atoms with van der Waals surface area (Å²) in [4.78, 5) is 0. The highest BCUT2D eigenvalue weighted by atomic mass is 35.5. The minimum Gasteiger partial charge on any atom is -0.364 e. The Hall–Kier alpha value is -1.06. The van der Waals surface area contributed by atoms with Gasteiger partial charge in [0.05, 0.1) is 6.61 Å². The molecule has 4 heteroatoms. The predicted molar refractivity (Wildman–Crippen MR) is 86.9 cm³/mol. The number of halogens is 2. The van der Waals surface area contributed by atoms with Crippen LogP contribution in [0.3, 0.4) is 0 Å². The highest BCUT2D eigenvalue weighted by Crippen LogP contribution is 2.33. The first-order valence-corrected chi connectivity index (χ1v) is 7.79. The van der Waals surface area contributed by atoms with Crippen LogP contribution in [0.25, 0.3) is 0 Å². The zero-order valence-corrected chi connectivity index (χ0v) is 13.1. The molecule has 110 valence electrons. The fraction of sp³-hybridized carbons (Fsp3) is 0.294. The Morgan fingerprint density at radius 3 is 2.14 bits per heavy atom. The summed E-state index contributed by atoms with van der Waals surface area (Å²) in [5, 5.41) is 4.88. The molecule has 0 aliphatic carbocycles. The van der Waals surface area contributed by atoms with Crippen LogP contribution in [0.1, 0.15) is 17.5 Å². The molecule has 0 bridgehead atoms. The molecule has 1 unspecified atom stereocenters. The smallest absolute Gasteiger partial charge is 0.107 e. The van der Waals surface area contributed by atoms with Crippen molar-refractivity contribution in [1.29, 1.82) is 0 Å². The van der Waals surface area contributed by atoms with Gasteiger partial charge in [-0.2, -0.15) is 0 Å². The molecule has 0 spiro atoms. The summed E-state index contributed by atoms with van der Waals surface area (Å²) in [6, 6.07) is 15.7. The first-order chi connectivity index (χ1) is 10.2. The van der Waals surface area contributed by atoms with Crippen molar-refractivity contribution in [3.63, 3.8) is 0 Å². The molecular weight excluding hydrogens is 305 g/mol. The van der Waals surface area contributed by atoms with Gasteiger partial charge >= 0.3 is 0 Å². The van der Waals surface area contributed by atoms with Crippen molar-refractivity contribution in [1.82, 2.24) is 5.32 Å². The van der Waals surface area contributed by atoms with Crippen LogP contribution in [0.4, 0.5) is 0 Å². The summed E-state index contributed by atoms with van der Waals surface area (Å²) in [7, 11) is 0. The Labute approximate surface area is 135 Å². The van der Waals surface area contributed by atoms with Crippen molar-refractivity contribution in [2.75, 3.05) is 13.1 Å². The summed E-state index contributed by atoms with van der Waals surface area (Å²) in [5.41, 5.74) is 2.02. The average Bonchev–Trinajstić information content (AvgIpc) is 2.97. The Balaban J connectivity index is 1.78. The third kappa shape index (κ3) is 3.41. The molecule has 0 aromatic heterocycles. The summed E-state index contributed by atoms with van der Waals surface area (Å²) < 4.78 is 6.29. The molecule has 0 saturated carbocycles. The number of hydrogen-bond donors (Lipinski definition) is 1. The van der Waals surface area contributed by atoms with Crippen LogP contribution in [0.2, 0.25) is 10.0 Å². The summed E-state index contributed by atoms with van der Waals surface area (Å²) >= 11 is 11.9. The topological polar surface area (TPSA) is 21.3 Å². The third-order valence-electron chi connectivity index (χ3n) is 3.91. The van der Waals surface area contributed by atoms with Crippen LogP contribution >= 0.6 is 23.2 Å². The number of ether oxygens (including phenoxy) is 1. The molecule has 1 aliphatic heterocycles. The van der Waals surface area contributed by atoms with Gasteiger partial charge in [0.1, 0.15) is 5.60 Å². The molecule has 1 heterocycles. The minimum absolute atomic E-state index is 0.274. The number of benzene rings is 2. The Morgan fingerprint density at radius 1 is 0.952 bits per heavy atom. The summed E-state index contributed by atoms with van der Waals surface area (Å²) in [6.45, 7) is 2.35. The molecule has 2 aromatic carbocycles. The van der Waals surface area contributed by atoms with Crippen LogP contribution in [-0.2, 0) is 16.9 Å². The number of nitrogens with one attached hydrogen (secondary N) is 1. The van der Waals surface area contributed by atoms with Gasteiger partial charge in [0.2, 0.25) is 0 Å². The van der Waals surface area contributed by atoms with Crippen LogP contribution in [0, 0.1) is 0 Å². The Bertz CT molecular complexity index is 589. The van der Waals surface area contributed by atoms with E-state index in [0.717, 1.165) is 35.1 Å². The highest BCUT2D eigenvalue weighted by molar-refractivity contribution is 6.30. The van der Waals surface area contributed by atoms with Gasteiger partial charge in [0.15, 0.2) is 0 Å². The van der Waals surface area contributed by atoms with Gasteiger partial charge in [0, 0.05) is 16.6 Å². The maximum absolute atomic E-state index is 6.29. The average molecular weight is 322 g/mol. The first kappa shape index (κ1) is 14.9. The fourth-order valence-electron chi connectivity index (χ4n) is 2.68. The molecule has 0 radical (unpaired) electrons. The summed E-state index contributed by atoms with van der Waals surface area (Å²) in [6.07, 6.45) is 0.961. The SMILES string of the molecule is Clc1ccc(COC2(c3ccc(Cl)cc3)CCNC2)cc1. The van der Waals surface area contributed by atoms with Gasteiger partial charge in [-0.15, -0.1) is 0 Å². The van der Waals surface area contributed by atoms with Crippen LogP contribution < -0.4 is 5.32 Å². The monoisotopic (exact) mass is 321 g/mol. The lowest BCUT2D eigenvalue weighted by Gasteiger charge is -2.29. The van der Waals surface area contributed by atoms with Crippen LogP contribution in [0.15, 0.2) is 48.5 Å². The van der Waals surface area contributed by atoms with Gasteiger partial charge in [-0.1, -0.05) is 47.5 Å². The zero-order valence-electron chi connectivity index (χ0n) is 11.6. The maximum atomic E-state index is 6.29. The number of rotatable bonds is 4. The van der Waals surface area contributed by atoms with E-state index in [0.29, 0.717) is 6.61 Å². The van der Waals surface area contributed by atoms with Crippen molar-refractivity contribution >= 4 is 23.2 Å². The van der Waals surface area contributed by atoms with E-state index in [-0.39, 0.29) is 5.60 Å². The minimum atomic E-state index is -0.274. The van der Waals surface area contributed by atoms with Gasteiger partial charge in [-0.25, -0.2) is 0 Å². The van der Waals surface area contributed by atoms with E-state index in [1.54, 1.807) is 0 Å². The zero-order chi connectivity index (χ0) is 14.7. The van der Waals surface area contributed by atoms with Crippen molar-refractivity contribution < 1.29 is 4.74 Å². The second-order valence-corrected chi connectivity index (χ2v) is 6.22. The van der Waals surface area contributed by atoms with E-state index in [1.807, 2.05) is 36.4 Å². The van der Waals surface area contributed by atoms with Crippen molar-refractivity contribution in [2.24, 2.45) is 0 Å². The van der Waals surface area contributed by atoms with Crippen molar-refractivity contribution in [2.45, 2.75) is 18.6 Å². The van der Waals surface area contributed by atoms with E-state index in [2.05, 4.69) is 17.4 Å². The largest absolute Gasteiger partial charge is 0.364 e. The van der Waals surface area contributed by atoms with Crippen molar-refractivity contribution in [3.05, 3.63) is 69.7 Å². The van der Waals surface area contributed by atoms with Crippen LogP contribution in [-0.4, -0.2) is 13.1 Å². The van der Waals surface area contributed by atoms with E-state index in [4.69, 9.17) is 27.9 Å². The molecule has 0 amide bonds. The van der Waals surface area contributed by atoms with Gasteiger partial charge < -0.3 is 10.1 Å². The molecular formula is C17H17Cl2NO. The molecule has 1 fully saturated rings. The lowest BCUT2D eigenvalue weighted by molar-refractivity contribution is -0.0470.